The van der Waals surface area contributed by atoms with Crippen LogP contribution in [0.1, 0.15) is 43.2 Å². The van der Waals surface area contributed by atoms with E-state index < -0.39 is 5.60 Å². The van der Waals surface area contributed by atoms with E-state index >= 15 is 0 Å². The second-order valence-corrected chi connectivity index (χ2v) is 7.57. The van der Waals surface area contributed by atoms with Crippen LogP contribution in [0.2, 0.25) is 0 Å². The Labute approximate surface area is 144 Å². The topological polar surface area (TPSA) is 36.4 Å². The van der Waals surface area contributed by atoms with Gasteiger partial charge in [0, 0.05) is 37.4 Å². The summed E-state index contributed by atoms with van der Waals surface area (Å²) in [4.78, 5) is 6.85. The smallest absolute Gasteiger partial charge is 0.0718 e. The molecule has 2 aromatic rings. The van der Waals surface area contributed by atoms with Crippen molar-refractivity contribution in [2.75, 3.05) is 0 Å². The molecule has 2 bridgehead atoms. The van der Waals surface area contributed by atoms with Gasteiger partial charge >= 0.3 is 0 Å². The van der Waals surface area contributed by atoms with Crippen LogP contribution in [0, 0.1) is 0 Å². The molecule has 1 aromatic heterocycles. The minimum Gasteiger partial charge on any atom is -0.389 e. The highest BCUT2D eigenvalue weighted by Crippen LogP contribution is 2.41. The first-order valence-electron chi connectivity index (χ1n) is 9.13. The molecule has 0 aliphatic carbocycles. The minimum atomic E-state index is -0.577. The molecule has 2 aliphatic heterocycles. The lowest BCUT2D eigenvalue weighted by molar-refractivity contribution is -0.0947. The fraction of sp³-hybridized carbons (Fsp3) is 0.476. The number of piperidine rings is 2. The van der Waals surface area contributed by atoms with E-state index in [9.17, 15) is 5.11 Å². The predicted molar refractivity (Wildman–Crippen MR) is 95.5 cm³/mol. The van der Waals surface area contributed by atoms with E-state index in [0.717, 1.165) is 31.4 Å². The van der Waals surface area contributed by atoms with E-state index in [0.29, 0.717) is 12.1 Å². The van der Waals surface area contributed by atoms with Gasteiger partial charge < -0.3 is 5.11 Å². The summed E-state index contributed by atoms with van der Waals surface area (Å²) >= 11 is 0. The molecule has 1 N–H and O–H groups in total. The highest BCUT2D eigenvalue weighted by molar-refractivity contribution is 5.17. The molecule has 2 fully saturated rings. The van der Waals surface area contributed by atoms with E-state index in [1.54, 1.807) is 6.20 Å². The van der Waals surface area contributed by atoms with Crippen LogP contribution in [0.4, 0.5) is 0 Å². The molecule has 2 saturated heterocycles. The van der Waals surface area contributed by atoms with Gasteiger partial charge in [-0.15, -0.1) is 0 Å². The number of aliphatic hydroxyl groups is 1. The molecule has 3 heterocycles. The third kappa shape index (κ3) is 3.38. The summed E-state index contributed by atoms with van der Waals surface area (Å²) in [5, 5.41) is 11.3. The quantitative estimate of drug-likeness (QED) is 0.935. The zero-order valence-electron chi connectivity index (χ0n) is 14.1. The first-order valence-corrected chi connectivity index (χ1v) is 9.13. The summed E-state index contributed by atoms with van der Waals surface area (Å²) < 4.78 is 0. The number of fused-ring (bicyclic) bond motifs is 2. The van der Waals surface area contributed by atoms with Gasteiger partial charge in [0.1, 0.15) is 0 Å². The van der Waals surface area contributed by atoms with Crippen molar-refractivity contribution in [3.05, 3.63) is 66.0 Å². The Bertz CT molecular complexity index is 644. The summed E-state index contributed by atoms with van der Waals surface area (Å²) in [7, 11) is 0. The van der Waals surface area contributed by atoms with Crippen LogP contribution >= 0.6 is 0 Å². The molecule has 4 rings (SSSR count). The van der Waals surface area contributed by atoms with Gasteiger partial charge in [0.15, 0.2) is 0 Å². The first-order chi connectivity index (χ1) is 11.7. The van der Waals surface area contributed by atoms with Gasteiger partial charge in [-0.3, -0.25) is 9.88 Å². The number of benzene rings is 1. The molecular formula is C21H26N2O. The van der Waals surface area contributed by atoms with Gasteiger partial charge in [-0.25, -0.2) is 0 Å². The van der Waals surface area contributed by atoms with Gasteiger partial charge in [-0.05, 0) is 42.9 Å². The number of aromatic nitrogens is 1. The van der Waals surface area contributed by atoms with Crippen LogP contribution in [-0.2, 0) is 13.0 Å². The van der Waals surface area contributed by atoms with Crippen molar-refractivity contribution in [3.8, 4) is 0 Å². The van der Waals surface area contributed by atoms with E-state index in [2.05, 4.69) is 46.3 Å². The summed E-state index contributed by atoms with van der Waals surface area (Å²) in [6.45, 7) is 1.01. The predicted octanol–water partition coefficient (Wildman–Crippen LogP) is 3.57. The number of hydrogen-bond donors (Lipinski definition) is 1. The third-order valence-corrected chi connectivity index (χ3v) is 5.71. The van der Waals surface area contributed by atoms with Gasteiger partial charge in [0.2, 0.25) is 0 Å². The summed E-state index contributed by atoms with van der Waals surface area (Å²) in [6, 6.07) is 15.8. The molecule has 24 heavy (non-hydrogen) atoms. The molecule has 0 spiro atoms. The maximum absolute atomic E-state index is 11.3. The van der Waals surface area contributed by atoms with Crippen molar-refractivity contribution < 1.29 is 5.11 Å². The van der Waals surface area contributed by atoms with Crippen molar-refractivity contribution in [1.82, 2.24) is 9.88 Å². The molecule has 3 nitrogen and oxygen atoms in total. The van der Waals surface area contributed by atoms with Crippen molar-refractivity contribution in [3.63, 3.8) is 0 Å². The maximum Gasteiger partial charge on any atom is 0.0718 e. The van der Waals surface area contributed by atoms with Gasteiger partial charge in [-0.1, -0.05) is 42.8 Å². The van der Waals surface area contributed by atoms with Crippen molar-refractivity contribution in [1.29, 1.82) is 0 Å². The van der Waals surface area contributed by atoms with Gasteiger partial charge in [-0.2, -0.15) is 0 Å². The highest BCUT2D eigenvalue weighted by Gasteiger charge is 2.45. The van der Waals surface area contributed by atoms with Crippen molar-refractivity contribution >= 4 is 0 Å². The maximum atomic E-state index is 11.3. The zero-order valence-corrected chi connectivity index (χ0v) is 14.1. The third-order valence-electron chi connectivity index (χ3n) is 5.71. The van der Waals surface area contributed by atoms with E-state index in [1.165, 1.54) is 24.8 Å². The Hall–Kier alpha value is -1.71. The molecule has 0 saturated carbocycles. The van der Waals surface area contributed by atoms with Gasteiger partial charge in [0.25, 0.3) is 0 Å². The normalized spacial score (nSPS) is 30.2. The zero-order chi connectivity index (χ0) is 16.4. The Morgan fingerprint density at radius 2 is 1.71 bits per heavy atom. The Balaban J connectivity index is 1.50. The Morgan fingerprint density at radius 3 is 2.38 bits per heavy atom. The van der Waals surface area contributed by atoms with Crippen LogP contribution in [0.5, 0.6) is 0 Å². The lowest BCUT2D eigenvalue weighted by Crippen LogP contribution is -2.58. The standard InChI is InChI=1S/C21H26N2O/c24-21(12-18-8-5-11-22-15-18)13-19-9-4-10-20(14-21)23(19)16-17-6-2-1-3-7-17/h1-3,5-8,11,15,19-20,24H,4,9-10,12-14,16H2. The van der Waals surface area contributed by atoms with Crippen LogP contribution < -0.4 is 0 Å². The second kappa shape index (κ2) is 6.66. The van der Waals surface area contributed by atoms with Crippen LogP contribution in [0.25, 0.3) is 0 Å². The number of rotatable bonds is 4. The molecule has 2 atom stereocenters. The fourth-order valence-corrected chi connectivity index (χ4v) is 4.70. The fourth-order valence-electron chi connectivity index (χ4n) is 4.70. The lowest BCUT2D eigenvalue weighted by atomic mass is 9.73. The lowest BCUT2D eigenvalue weighted by Gasteiger charge is -2.52. The summed E-state index contributed by atoms with van der Waals surface area (Å²) in [6.07, 6.45) is 9.89. The number of nitrogens with zero attached hydrogens (tertiary/aromatic N) is 2. The number of pyridine rings is 1. The van der Waals surface area contributed by atoms with E-state index in [4.69, 9.17) is 0 Å². The second-order valence-electron chi connectivity index (χ2n) is 7.57. The molecule has 1 aromatic carbocycles. The molecule has 0 amide bonds. The van der Waals surface area contributed by atoms with Crippen LogP contribution in [0.3, 0.4) is 0 Å². The SMILES string of the molecule is OC1(Cc2cccnc2)CC2CCCC(C1)N2Cc1ccccc1. The molecule has 126 valence electrons. The van der Waals surface area contributed by atoms with E-state index in [1.807, 2.05) is 12.3 Å². The summed E-state index contributed by atoms with van der Waals surface area (Å²) in [5.74, 6) is 0. The van der Waals surface area contributed by atoms with Crippen molar-refractivity contribution in [2.24, 2.45) is 0 Å². The largest absolute Gasteiger partial charge is 0.389 e. The van der Waals surface area contributed by atoms with Crippen molar-refractivity contribution in [2.45, 2.75) is 62.8 Å². The molecular weight excluding hydrogens is 296 g/mol. The summed E-state index contributed by atoms with van der Waals surface area (Å²) in [5.41, 5.74) is 1.95. The average molecular weight is 322 g/mol. The first kappa shape index (κ1) is 15.8. The molecule has 3 heteroatoms. The molecule has 2 aliphatic rings. The minimum absolute atomic E-state index is 0.499. The van der Waals surface area contributed by atoms with E-state index in [-0.39, 0.29) is 0 Å². The Morgan fingerprint density at radius 1 is 1.00 bits per heavy atom. The average Bonchev–Trinajstić information content (AvgIpc) is 2.58. The van der Waals surface area contributed by atoms with Crippen LogP contribution in [-0.4, -0.2) is 32.7 Å². The van der Waals surface area contributed by atoms with Crippen LogP contribution in [0.15, 0.2) is 54.9 Å². The molecule has 0 radical (unpaired) electrons. The number of hydrogen-bond acceptors (Lipinski definition) is 3. The Kier molecular flexibility index (Phi) is 4.38. The monoisotopic (exact) mass is 322 g/mol. The van der Waals surface area contributed by atoms with Gasteiger partial charge in [0.05, 0.1) is 5.60 Å². The highest BCUT2D eigenvalue weighted by atomic mass is 16.3. The molecule has 2 unspecified atom stereocenters.